The van der Waals surface area contributed by atoms with Crippen LogP contribution in [-0.4, -0.2) is 16.6 Å². The molecule has 0 aliphatic rings. The van der Waals surface area contributed by atoms with E-state index in [4.69, 9.17) is 4.74 Å². The highest BCUT2D eigenvalue weighted by molar-refractivity contribution is 9.11. The number of halogens is 2. The molecule has 3 aromatic rings. The van der Waals surface area contributed by atoms with Crippen molar-refractivity contribution < 1.29 is 4.74 Å². The fraction of sp³-hybridized carbons (Fsp3) is 0.125. The lowest BCUT2D eigenvalue weighted by Gasteiger charge is -2.12. The average Bonchev–Trinajstić information content (AvgIpc) is 2.50. The minimum absolute atomic E-state index is 0.167. The Morgan fingerprint density at radius 1 is 1.23 bits per heavy atom. The minimum atomic E-state index is -0.167. The second kappa shape index (κ2) is 6.22. The Kier molecular flexibility index (Phi) is 4.31. The van der Waals surface area contributed by atoms with Crippen molar-refractivity contribution in [1.82, 2.24) is 9.97 Å². The molecule has 0 saturated carbocycles. The van der Waals surface area contributed by atoms with Crippen molar-refractivity contribution in [3.63, 3.8) is 0 Å². The molecule has 22 heavy (non-hydrogen) atoms. The van der Waals surface area contributed by atoms with Crippen LogP contribution in [0.15, 0.2) is 50.1 Å². The Hall–Kier alpha value is -1.66. The summed E-state index contributed by atoms with van der Waals surface area (Å²) in [6, 6.07) is 11.0. The monoisotopic (exact) mass is 422 g/mol. The van der Waals surface area contributed by atoms with Crippen LogP contribution in [0.5, 0.6) is 5.75 Å². The number of rotatable bonds is 3. The summed E-state index contributed by atoms with van der Waals surface area (Å²) in [5.41, 5.74) is 1.21. The predicted molar refractivity (Wildman–Crippen MR) is 94.4 cm³/mol. The number of nitrogens with one attached hydrogen (secondary N) is 1. The highest BCUT2D eigenvalue weighted by Crippen LogP contribution is 2.38. The Morgan fingerprint density at radius 3 is 2.77 bits per heavy atom. The largest absolute Gasteiger partial charge is 0.492 e. The normalized spacial score (nSPS) is 10.9. The van der Waals surface area contributed by atoms with E-state index < -0.39 is 0 Å². The van der Waals surface area contributed by atoms with Crippen LogP contribution in [0.4, 0.5) is 0 Å². The van der Waals surface area contributed by atoms with E-state index in [1.54, 1.807) is 6.07 Å². The number of H-pyrrole nitrogens is 1. The van der Waals surface area contributed by atoms with Crippen molar-refractivity contribution in [2.24, 2.45) is 0 Å². The molecule has 0 spiro atoms. The molecule has 0 saturated heterocycles. The third-order valence-corrected chi connectivity index (χ3v) is 4.21. The number of hydrogen-bond donors (Lipinski definition) is 1. The summed E-state index contributed by atoms with van der Waals surface area (Å²) in [6.07, 6.45) is 0. The zero-order valence-corrected chi connectivity index (χ0v) is 14.9. The molecule has 0 amide bonds. The van der Waals surface area contributed by atoms with Crippen molar-refractivity contribution >= 4 is 42.8 Å². The maximum absolute atomic E-state index is 12.3. The van der Waals surface area contributed by atoms with E-state index in [-0.39, 0.29) is 5.56 Å². The molecule has 0 aliphatic carbocycles. The van der Waals surface area contributed by atoms with Gasteiger partial charge in [0.05, 0.1) is 27.5 Å². The molecule has 0 radical (unpaired) electrons. The predicted octanol–water partition coefficient (Wildman–Crippen LogP) is 4.51. The lowest BCUT2D eigenvalue weighted by atomic mass is 10.1. The molecule has 1 heterocycles. The van der Waals surface area contributed by atoms with E-state index in [0.29, 0.717) is 29.1 Å². The number of aromatic nitrogens is 2. The second-order valence-electron chi connectivity index (χ2n) is 4.63. The van der Waals surface area contributed by atoms with E-state index in [2.05, 4.69) is 41.8 Å². The van der Waals surface area contributed by atoms with Gasteiger partial charge in [0.1, 0.15) is 11.6 Å². The van der Waals surface area contributed by atoms with Crippen LogP contribution in [0.25, 0.3) is 22.3 Å². The molecule has 0 unspecified atom stereocenters. The second-order valence-corrected chi connectivity index (χ2v) is 6.40. The third kappa shape index (κ3) is 2.80. The number of para-hydroxylation sites is 1. The minimum Gasteiger partial charge on any atom is -0.492 e. The molecule has 2 aromatic carbocycles. The van der Waals surface area contributed by atoms with Crippen LogP contribution in [0.2, 0.25) is 0 Å². The standard InChI is InChI=1S/C16H12Br2N2O2/c1-2-22-14-11(7-9(17)8-12(14)18)15-19-13-6-4-3-5-10(13)16(21)20-15/h3-8H,2H2,1H3,(H,19,20,21). The smallest absolute Gasteiger partial charge is 0.259 e. The van der Waals surface area contributed by atoms with Gasteiger partial charge in [0.25, 0.3) is 5.56 Å². The Balaban J connectivity index is 2.29. The number of hydrogen-bond acceptors (Lipinski definition) is 3. The first-order valence-corrected chi connectivity index (χ1v) is 8.30. The summed E-state index contributed by atoms with van der Waals surface area (Å²) in [4.78, 5) is 19.6. The lowest BCUT2D eigenvalue weighted by Crippen LogP contribution is -2.10. The number of benzene rings is 2. The van der Waals surface area contributed by atoms with Gasteiger partial charge >= 0.3 is 0 Å². The topological polar surface area (TPSA) is 55.0 Å². The molecule has 1 aromatic heterocycles. The van der Waals surface area contributed by atoms with Crippen molar-refractivity contribution in [3.8, 4) is 17.1 Å². The number of nitrogens with zero attached hydrogens (tertiary/aromatic N) is 1. The van der Waals surface area contributed by atoms with Gasteiger partial charge in [-0.1, -0.05) is 28.1 Å². The molecule has 112 valence electrons. The van der Waals surface area contributed by atoms with Crippen LogP contribution < -0.4 is 10.3 Å². The van der Waals surface area contributed by atoms with Gasteiger partial charge in [0.15, 0.2) is 0 Å². The lowest BCUT2D eigenvalue weighted by molar-refractivity contribution is 0.339. The molecule has 0 aliphatic heterocycles. The number of aromatic amines is 1. The first kappa shape index (κ1) is 15.2. The molecule has 3 rings (SSSR count). The van der Waals surface area contributed by atoms with Gasteiger partial charge in [-0.25, -0.2) is 4.98 Å². The molecular formula is C16H12Br2N2O2. The molecular weight excluding hydrogens is 412 g/mol. The zero-order valence-electron chi connectivity index (χ0n) is 11.7. The molecule has 0 bridgehead atoms. The average molecular weight is 424 g/mol. The molecule has 4 nitrogen and oxygen atoms in total. The maximum Gasteiger partial charge on any atom is 0.259 e. The molecule has 6 heteroatoms. The van der Waals surface area contributed by atoms with Gasteiger partial charge in [-0.3, -0.25) is 4.79 Å². The Labute approximate surface area is 143 Å². The summed E-state index contributed by atoms with van der Waals surface area (Å²) < 4.78 is 7.37. The highest BCUT2D eigenvalue weighted by atomic mass is 79.9. The van der Waals surface area contributed by atoms with Crippen LogP contribution in [0, 0.1) is 0 Å². The molecule has 0 atom stereocenters. The van der Waals surface area contributed by atoms with Crippen molar-refractivity contribution in [2.75, 3.05) is 6.61 Å². The van der Waals surface area contributed by atoms with Crippen LogP contribution >= 0.6 is 31.9 Å². The van der Waals surface area contributed by atoms with Gasteiger partial charge < -0.3 is 9.72 Å². The highest BCUT2D eigenvalue weighted by Gasteiger charge is 2.15. The summed E-state index contributed by atoms with van der Waals surface area (Å²) in [5.74, 6) is 1.14. The van der Waals surface area contributed by atoms with Crippen LogP contribution in [-0.2, 0) is 0 Å². The summed E-state index contributed by atoms with van der Waals surface area (Å²) >= 11 is 6.95. The fourth-order valence-corrected chi connectivity index (χ4v) is 3.58. The fourth-order valence-electron chi connectivity index (χ4n) is 2.24. The van der Waals surface area contributed by atoms with Gasteiger partial charge in [0, 0.05) is 4.47 Å². The summed E-state index contributed by atoms with van der Waals surface area (Å²) in [6.45, 7) is 2.43. The Bertz CT molecular complexity index is 906. The molecule has 1 N–H and O–H groups in total. The first-order chi connectivity index (χ1) is 10.6. The summed E-state index contributed by atoms with van der Waals surface area (Å²) in [5, 5.41) is 0.568. The van der Waals surface area contributed by atoms with Gasteiger partial charge in [-0.2, -0.15) is 0 Å². The van der Waals surface area contributed by atoms with Crippen LogP contribution in [0.1, 0.15) is 6.92 Å². The van der Waals surface area contributed by atoms with E-state index in [9.17, 15) is 4.79 Å². The van der Waals surface area contributed by atoms with Crippen molar-refractivity contribution in [3.05, 3.63) is 55.7 Å². The van der Waals surface area contributed by atoms with E-state index in [1.807, 2.05) is 37.3 Å². The van der Waals surface area contributed by atoms with E-state index in [0.717, 1.165) is 14.5 Å². The summed E-state index contributed by atoms with van der Waals surface area (Å²) in [7, 11) is 0. The molecule has 0 fully saturated rings. The quantitative estimate of drug-likeness (QED) is 0.673. The van der Waals surface area contributed by atoms with E-state index in [1.165, 1.54) is 0 Å². The van der Waals surface area contributed by atoms with E-state index >= 15 is 0 Å². The SMILES string of the molecule is CCOc1c(Br)cc(Br)cc1-c1nc2ccccc2c(=O)[nH]1. The van der Waals surface area contributed by atoms with Gasteiger partial charge in [-0.05, 0) is 47.1 Å². The zero-order chi connectivity index (χ0) is 15.7. The third-order valence-electron chi connectivity index (χ3n) is 3.17. The number of fused-ring (bicyclic) bond motifs is 1. The van der Waals surface area contributed by atoms with Gasteiger partial charge in [-0.15, -0.1) is 0 Å². The number of ether oxygens (including phenoxy) is 1. The van der Waals surface area contributed by atoms with Crippen molar-refractivity contribution in [1.29, 1.82) is 0 Å². The first-order valence-electron chi connectivity index (χ1n) is 6.71. The Morgan fingerprint density at radius 2 is 2.00 bits per heavy atom. The van der Waals surface area contributed by atoms with Crippen molar-refractivity contribution in [2.45, 2.75) is 6.92 Å². The maximum atomic E-state index is 12.3. The van der Waals surface area contributed by atoms with Crippen LogP contribution in [0.3, 0.4) is 0 Å². The van der Waals surface area contributed by atoms with Gasteiger partial charge in [0.2, 0.25) is 0 Å².